The van der Waals surface area contributed by atoms with E-state index in [0.29, 0.717) is 35.9 Å². The van der Waals surface area contributed by atoms with Gasteiger partial charge in [-0.3, -0.25) is 0 Å². The zero-order valence-electron chi connectivity index (χ0n) is 15.0. The predicted molar refractivity (Wildman–Crippen MR) is 112 cm³/mol. The Morgan fingerprint density at radius 3 is 2.46 bits per heavy atom. The van der Waals surface area contributed by atoms with Crippen LogP contribution in [-0.2, 0) is 0 Å². The molecule has 0 bridgehead atoms. The van der Waals surface area contributed by atoms with Crippen LogP contribution in [0.2, 0.25) is 0 Å². The van der Waals surface area contributed by atoms with Gasteiger partial charge >= 0.3 is 5.63 Å². The van der Waals surface area contributed by atoms with Crippen LogP contribution in [0.5, 0.6) is 11.5 Å². The lowest BCUT2D eigenvalue weighted by atomic mass is 10.1. The lowest BCUT2D eigenvalue weighted by Gasteiger charge is -2.13. The fourth-order valence-corrected chi connectivity index (χ4v) is 3.85. The van der Waals surface area contributed by atoms with Crippen LogP contribution in [0.15, 0.2) is 77.0 Å². The number of nitrogens with zero attached hydrogens (tertiary/aromatic N) is 1. The van der Waals surface area contributed by atoms with Gasteiger partial charge in [0.2, 0.25) is 0 Å². The molecule has 0 radical (unpaired) electrons. The van der Waals surface area contributed by atoms with E-state index in [2.05, 4.69) is 18.1 Å². The number of para-hydroxylation sites is 1. The monoisotopic (exact) mass is 391 g/mol. The molecule has 2 aromatic carbocycles. The maximum Gasteiger partial charge on any atom is 0.336 e. The van der Waals surface area contributed by atoms with Crippen molar-refractivity contribution in [2.45, 2.75) is 0 Å². The van der Waals surface area contributed by atoms with Crippen molar-refractivity contribution in [2.75, 3.05) is 13.2 Å². The Morgan fingerprint density at radius 1 is 1.04 bits per heavy atom. The Hall–Kier alpha value is -3.38. The molecule has 2 aromatic heterocycles. The van der Waals surface area contributed by atoms with Crippen LogP contribution in [0.1, 0.15) is 0 Å². The maximum absolute atomic E-state index is 12.2. The highest BCUT2D eigenvalue weighted by Gasteiger charge is 2.16. The minimum Gasteiger partial charge on any atom is -0.486 e. The highest BCUT2D eigenvalue weighted by Crippen LogP contribution is 2.38. The average Bonchev–Trinajstić information content (AvgIpc) is 3.14. The van der Waals surface area contributed by atoms with Gasteiger partial charge < -0.3 is 13.9 Å². The molecule has 28 heavy (non-hydrogen) atoms. The van der Waals surface area contributed by atoms with E-state index in [4.69, 9.17) is 13.9 Å². The normalized spacial score (nSPS) is 10.9. The largest absolute Gasteiger partial charge is 0.486 e. The first-order chi connectivity index (χ1) is 13.7. The van der Waals surface area contributed by atoms with Crippen LogP contribution in [0, 0.1) is 0 Å². The van der Waals surface area contributed by atoms with Crippen LogP contribution in [0.3, 0.4) is 0 Å². The molecular formula is C22H17NO4S. The fourth-order valence-electron chi connectivity index (χ4n) is 2.86. The van der Waals surface area contributed by atoms with Gasteiger partial charge in [-0.05, 0) is 18.2 Å². The van der Waals surface area contributed by atoms with Gasteiger partial charge in [0.1, 0.15) is 23.8 Å². The standard InChI is InChI=1S/C22H17NO4S/c1-3-9-25-18-11-14-15(22-23-16-7-5-6-8-20(16)28-22)12-21(24)27-17(14)13-19(18)26-10-4-2/h3-8,11-13H,1-2,9-10H2. The molecule has 0 atom stereocenters. The molecule has 0 spiro atoms. The summed E-state index contributed by atoms with van der Waals surface area (Å²) < 4.78 is 17.9. The smallest absolute Gasteiger partial charge is 0.336 e. The van der Waals surface area contributed by atoms with Gasteiger partial charge in [-0.25, -0.2) is 9.78 Å². The van der Waals surface area contributed by atoms with Gasteiger partial charge in [0, 0.05) is 23.1 Å². The summed E-state index contributed by atoms with van der Waals surface area (Å²) in [6.45, 7) is 7.96. The molecule has 2 heterocycles. The van der Waals surface area contributed by atoms with Crippen molar-refractivity contribution >= 4 is 32.5 Å². The van der Waals surface area contributed by atoms with E-state index in [9.17, 15) is 4.79 Å². The van der Waals surface area contributed by atoms with E-state index in [-0.39, 0.29) is 0 Å². The molecule has 5 nitrogen and oxygen atoms in total. The Bertz CT molecular complexity index is 1210. The summed E-state index contributed by atoms with van der Waals surface area (Å²) in [4.78, 5) is 16.9. The van der Waals surface area contributed by atoms with Gasteiger partial charge in [0.25, 0.3) is 0 Å². The topological polar surface area (TPSA) is 61.6 Å². The summed E-state index contributed by atoms with van der Waals surface area (Å²) in [5.41, 5.74) is 1.55. The van der Waals surface area contributed by atoms with Crippen molar-refractivity contribution < 1.29 is 13.9 Å². The van der Waals surface area contributed by atoms with E-state index in [1.54, 1.807) is 18.2 Å². The summed E-state index contributed by atoms with van der Waals surface area (Å²) >= 11 is 1.52. The predicted octanol–water partition coefficient (Wildman–Crippen LogP) is 5.20. The number of benzene rings is 2. The van der Waals surface area contributed by atoms with Crippen LogP contribution in [-0.4, -0.2) is 18.2 Å². The number of ether oxygens (including phenoxy) is 2. The highest BCUT2D eigenvalue weighted by atomic mass is 32.1. The van der Waals surface area contributed by atoms with E-state index < -0.39 is 5.63 Å². The fraction of sp³-hybridized carbons (Fsp3) is 0.0909. The molecular weight excluding hydrogens is 374 g/mol. The molecule has 0 unspecified atom stereocenters. The SMILES string of the molecule is C=CCOc1cc2oc(=O)cc(-c3nc4ccccc4s3)c2cc1OCC=C. The number of hydrogen-bond donors (Lipinski definition) is 0. The van der Waals surface area contributed by atoms with Gasteiger partial charge in [-0.15, -0.1) is 11.3 Å². The summed E-state index contributed by atoms with van der Waals surface area (Å²) in [6.07, 6.45) is 3.29. The number of aromatic nitrogens is 1. The summed E-state index contributed by atoms with van der Waals surface area (Å²) in [5.74, 6) is 1.00. The Kier molecular flexibility index (Phi) is 4.95. The molecule has 0 saturated carbocycles. The molecule has 0 amide bonds. The average molecular weight is 391 g/mol. The van der Waals surface area contributed by atoms with Crippen molar-refractivity contribution in [1.82, 2.24) is 4.98 Å². The Labute approximate surface area is 165 Å². The minimum atomic E-state index is -0.448. The van der Waals surface area contributed by atoms with Crippen molar-refractivity contribution in [1.29, 1.82) is 0 Å². The van der Waals surface area contributed by atoms with Crippen LogP contribution >= 0.6 is 11.3 Å². The molecule has 4 aromatic rings. The second-order valence-corrected chi connectivity index (χ2v) is 6.99. The molecule has 0 aliphatic rings. The quantitative estimate of drug-likeness (QED) is 0.320. The molecule has 140 valence electrons. The molecule has 6 heteroatoms. The van der Waals surface area contributed by atoms with Crippen molar-refractivity contribution in [3.8, 4) is 22.1 Å². The van der Waals surface area contributed by atoms with Crippen molar-refractivity contribution in [3.05, 3.63) is 78.2 Å². The van der Waals surface area contributed by atoms with E-state index >= 15 is 0 Å². The first-order valence-corrected chi connectivity index (χ1v) is 9.46. The lowest BCUT2D eigenvalue weighted by molar-refractivity contribution is 0.308. The third kappa shape index (κ3) is 3.42. The summed E-state index contributed by atoms with van der Waals surface area (Å²) in [7, 11) is 0. The molecule has 0 aliphatic carbocycles. The Morgan fingerprint density at radius 2 is 1.75 bits per heavy atom. The second-order valence-electron chi connectivity index (χ2n) is 5.96. The van der Waals surface area contributed by atoms with Gasteiger partial charge in [0.15, 0.2) is 11.5 Å². The number of hydrogen-bond acceptors (Lipinski definition) is 6. The molecule has 0 saturated heterocycles. The third-order valence-electron chi connectivity index (χ3n) is 4.05. The Balaban J connectivity index is 1.93. The molecule has 0 fully saturated rings. The van der Waals surface area contributed by atoms with E-state index in [1.807, 2.05) is 30.3 Å². The molecule has 4 rings (SSSR count). The van der Waals surface area contributed by atoms with Gasteiger partial charge in [-0.1, -0.05) is 37.4 Å². The first-order valence-electron chi connectivity index (χ1n) is 8.65. The maximum atomic E-state index is 12.2. The second kappa shape index (κ2) is 7.70. The number of fused-ring (bicyclic) bond motifs is 2. The van der Waals surface area contributed by atoms with Crippen LogP contribution < -0.4 is 15.1 Å². The summed E-state index contributed by atoms with van der Waals surface area (Å²) in [5, 5.41) is 1.47. The third-order valence-corrected chi connectivity index (χ3v) is 5.12. The van der Waals surface area contributed by atoms with Gasteiger partial charge in [0.05, 0.1) is 10.2 Å². The molecule has 0 N–H and O–H groups in total. The number of rotatable bonds is 7. The van der Waals surface area contributed by atoms with E-state index in [1.165, 1.54) is 17.4 Å². The highest BCUT2D eigenvalue weighted by molar-refractivity contribution is 7.21. The zero-order chi connectivity index (χ0) is 19.5. The number of thiazole rings is 1. The van der Waals surface area contributed by atoms with Crippen molar-refractivity contribution in [2.24, 2.45) is 0 Å². The zero-order valence-corrected chi connectivity index (χ0v) is 15.8. The lowest BCUT2D eigenvalue weighted by Crippen LogP contribution is -2.02. The van der Waals surface area contributed by atoms with Crippen LogP contribution in [0.25, 0.3) is 31.8 Å². The van der Waals surface area contributed by atoms with Crippen LogP contribution in [0.4, 0.5) is 0 Å². The summed E-state index contributed by atoms with van der Waals surface area (Å²) in [6, 6.07) is 12.8. The van der Waals surface area contributed by atoms with E-state index in [0.717, 1.165) is 20.6 Å². The van der Waals surface area contributed by atoms with Gasteiger partial charge in [-0.2, -0.15) is 0 Å². The minimum absolute atomic E-state index is 0.303. The van der Waals surface area contributed by atoms with Crippen molar-refractivity contribution in [3.63, 3.8) is 0 Å². The first kappa shape index (κ1) is 18.0. The molecule has 0 aliphatic heterocycles.